The van der Waals surface area contributed by atoms with Crippen LogP contribution in [0.25, 0.3) is 10.9 Å². The van der Waals surface area contributed by atoms with Gasteiger partial charge in [-0.2, -0.15) is 0 Å². The molecule has 7 heteroatoms. The minimum absolute atomic E-state index is 0. The van der Waals surface area contributed by atoms with Gasteiger partial charge in [0.25, 0.3) is 0 Å². The summed E-state index contributed by atoms with van der Waals surface area (Å²) in [4.78, 5) is 14.2. The molecule has 0 saturated carbocycles. The maximum absolute atomic E-state index is 5.30. The molecule has 2 aliphatic heterocycles. The zero-order chi connectivity index (χ0) is 27.1. The predicted molar refractivity (Wildman–Crippen MR) is 176 cm³/mol. The first-order chi connectivity index (χ1) is 19.4. The molecule has 0 fully saturated rings. The number of aromatic nitrogens is 3. The second-order valence-corrected chi connectivity index (χ2v) is 7.72. The van der Waals surface area contributed by atoms with Gasteiger partial charge in [-0.25, -0.2) is 4.98 Å². The van der Waals surface area contributed by atoms with Crippen molar-refractivity contribution in [2.75, 3.05) is 6.61 Å². The van der Waals surface area contributed by atoms with E-state index in [2.05, 4.69) is 53.0 Å². The minimum atomic E-state index is 0. The number of allylic oxidation sites excluding steroid dienone is 1. The highest BCUT2D eigenvalue weighted by atomic mass is 16.5. The molecule has 6 heterocycles. The van der Waals surface area contributed by atoms with E-state index in [1.165, 1.54) is 29.1 Å². The Hall–Kier alpha value is -5.17. The van der Waals surface area contributed by atoms with E-state index in [4.69, 9.17) is 4.74 Å². The first-order valence-corrected chi connectivity index (χ1v) is 12.5. The molecule has 0 aliphatic carbocycles. The van der Waals surface area contributed by atoms with Gasteiger partial charge in [0, 0.05) is 49.4 Å². The summed E-state index contributed by atoms with van der Waals surface area (Å²) in [6, 6.07) is 27.8. The molecule has 0 radical (unpaired) electrons. The molecule has 1 N–H and O–H groups in total. The quantitative estimate of drug-likeness (QED) is 0.197. The fourth-order valence-corrected chi connectivity index (χ4v) is 3.14. The van der Waals surface area contributed by atoms with Crippen LogP contribution >= 0.6 is 0 Å². The number of aromatic amines is 1. The lowest BCUT2D eigenvalue weighted by atomic mass is 10.2. The SMILES string of the molecule is C.C.C.C1=CN=CC1.c1ccc2[nH]ccc2c1.c1ccc2c(c1)CCO2.c1ccncc1.c1ccoc1.c1cocn1. The van der Waals surface area contributed by atoms with Crippen molar-refractivity contribution < 1.29 is 13.6 Å². The van der Waals surface area contributed by atoms with E-state index in [1.807, 2.05) is 79.2 Å². The Labute approximate surface area is 250 Å². The molecule has 222 valence electrons. The summed E-state index contributed by atoms with van der Waals surface area (Å²) in [7, 11) is 0. The third-order valence-corrected chi connectivity index (χ3v) is 4.94. The van der Waals surface area contributed by atoms with E-state index in [9.17, 15) is 0 Å². The van der Waals surface area contributed by atoms with Crippen LogP contribution in [0.2, 0.25) is 0 Å². The number of nitrogens with zero attached hydrogens (tertiary/aromatic N) is 3. The second-order valence-electron chi connectivity index (χ2n) is 7.72. The third-order valence-electron chi connectivity index (χ3n) is 4.94. The Balaban J connectivity index is 0.000000483. The highest BCUT2D eigenvalue weighted by Crippen LogP contribution is 2.23. The molecule has 0 saturated heterocycles. The summed E-state index contributed by atoms with van der Waals surface area (Å²) >= 11 is 0. The van der Waals surface area contributed by atoms with Crippen molar-refractivity contribution in [2.45, 2.75) is 35.1 Å². The van der Waals surface area contributed by atoms with Crippen LogP contribution in [0.5, 0.6) is 5.75 Å². The highest BCUT2D eigenvalue weighted by molar-refractivity contribution is 5.78. The summed E-state index contributed by atoms with van der Waals surface area (Å²) < 4.78 is 14.4. The lowest BCUT2D eigenvalue weighted by Gasteiger charge is -1.93. The number of hydrogen-bond acceptors (Lipinski definition) is 6. The third kappa shape index (κ3) is 16.1. The van der Waals surface area contributed by atoms with Crippen LogP contribution in [0.15, 0.2) is 161 Å². The lowest BCUT2D eigenvalue weighted by Crippen LogP contribution is -1.85. The van der Waals surface area contributed by atoms with Crippen LogP contribution in [-0.2, 0) is 6.42 Å². The molecule has 0 atom stereocenters. The zero-order valence-corrected chi connectivity index (χ0v) is 21.6. The van der Waals surface area contributed by atoms with Gasteiger partial charge in [0.1, 0.15) is 12.0 Å². The van der Waals surface area contributed by atoms with Crippen LogP contribution in [0.4, 0.5) is 0 Å². The molecule has 0 spiro atoms. The Morgan fingerprint density at radius 3 is 1.90 bits per heavy atom. The molecule has 0 amide bonds. The van der Waals surface area contributed by atoms with Gasteiger partial charge in [-0.3, -0.25) is 9.98 Å². The van der Waals surface area contributed by atoms with Crippen molar-refractivity contribution in [2.24, 2.45) is 4.99 Å². The van der Waals surface area contributed by atoms with Crippen LogP contribution in [0.3, 0.4) is 0 Å². The standard InChI is InChI=1S/C8H7N.C8H8O.C5H5N.C4H5N.C4H4O.C3H3NO.3CH4/c2*1-2-4-8-7(3-1)5-6-9-8;1-2-4-6-5-3-1;2*1-2-4-5-3-1;1-2-5-3-4-1;;;/h1-6,9H;1-4H,5-6H2;1-5H;1,3-4H,2H2;1-4H;1-3H;3*1H4. The van der Waals surface area contributed by atoms with Crippen molar-refractivity contribution in [3.05, 3.63) is 153 Å². The van der Waals surface area contributed by atoms with Gasteiger partial charge < -0.3 is 18.6 Å². The average molecular weight is 569 g/mol. The number of pyridine rings is 1. The van der Waals surface area contributed by atoms with Gasteiger partial charge in [-0.15, -0.1) is 0 Å². The van der Waals surface area contributed by atoms with E-state index in [1.54, 1.807) is 37.3 Å². The molecule has 4 aromatic heterocycles. The molecule has 6 aromatic rings. The topological polar surface area (TPSA) is 89.4 Å². The van der Waals surface area contributed by atoms with Crippen LogP contribution in [-0.4, -0.2) is 27.8 Å². The van der Waals surface area contributed by atoms with Gasteiger partial charge >= 0.3 is 0 Å². The normalized spacial score (nSPS) is 10.5. The van der Waals surface area contributed by atoms with Gasteiger partial charge in [-0.1, -0.05) is 70.8 Å². The maximum atomic E-state index is 5.30. The van der Waals surface area contributed by atoms with Gasteiger partial charge in [0.15, 0.2) is 6.39 Å². The summed E-state index contributed by atoms with van der Waals surface area (Å²) in [6.45, 7) is 0.860. The number of hydrogen-bond donors (Lipinski definition) is 1. The fourth-order valence-electron chi connectivity index (χ4n) is 3.14. The molecule has 2 aromatic carbocycles. The highest BCUT2D eigenvalue weighted by Gasteiger charge is 2.08. The molecule has 2 aliphatic rings. The van der Waals surface area contributed by atoms with E-state index < -0.39 is 0 Å². The Bertz CT molecular complexity index is 1260. The van der Waals surface area contributed by atoms with Crippen molar-refractivity contribution in [1.82, 2.24) is 15.0 Å². The van der Waals surface area contributed by atoms with E-state index in [0.717, 1.165) is 25.2 Å². The molecule has 0 bridgehead atoms. The van der Waals surface area contributed by atoms with Gasteiger partial charge in [0.2, 0.25) is 0 Å². The minimum Gasteiger partial charge on any atom is -0.493 e. The largest absolute Gasteiger partial charge is 0.493 e. The molecular weight excluding hydrogens is 524 g/mol. The van der Waals surface area contributed by atoms with Crippen molar-refractivity contribution in [3.8, 4) is 5.75 Å². The van der Waals surface area contributed by atoms with E-state index in [-0.39, 0.29) is 22.3 Å². The number of H-pyrrole nitrogens is 1. The van der Waals surface area contributed by atoms with Crippen LogP contribution in [0, 0.1) is 0 Å². The number of rotatable bonds is 0. The van der Waals surface area contributed by atoms with Crippen molar-refractivity contribution >= 4 is 17.1 Å². The van der Waals surface area contributed by atoms with Crippen molar-refractivity contribution in [3.63, 3.8) is 0 Å². The fraction of sp³-hybridized carbons (Fsp3) is 0.171. The summed E-state index contributed by atoms with van der Waals surface area (Å²) in [5.41, 5.74) is 2.55. The van der Waals surface area contributed by atoms with Gasteiger partial charge in [0.05, 0.1) is 25.3 Å². The number of para-hydroxylation sites is 2. The lowest BCUT2D eigenvalue weighted by molar-refractivity contribution is 0.357. The number of nitrogens with one attached hydrogen (secondary N) is 1. The summed E-state index contributed by atoms with van der Waals surface area (Å²) in [5, 5.41) is 1.28. The summed E-state index contributed by atoms with van der Waals surface area (Å²) in [5.74, 6) is 1.07. The number of oxazole rings is 1. The Morgan fingerprint density at radius 2 is 1.43 bits per heavy atom. The smallest absolute Gasteiger partial charge is 0.180 e. The number of fused-ring (bicyclic) bond motifs is 2. The monoisotopic (exact) mass is 568 g/mol. The molecule has 0 unspecified atom stereocenters. The molecular formula is C35H44N4O3. The second kappa shape index (κ2) is 24.8. The number of aliphatic imine (C=N–C) groups is 1. The number of ether oxygens (including phenoxy) is 1. The van der Waals surface area contributed by atoms with Crippen LogP contribution in [0.1, 0.15) is 34.3 Å². The predicted octanol–water partition coefficient (Wildman–Crippen LogP) is 9.71. The Kier molecular flexibility index (Phi) is 21.8. The molecule has 42 heavy (non-hydrogen) atoms. The Morgan fingerprint density at radius 1 is 0.667 bits per heavy atom. The van der Waals surface area contributed by atoms with E-state index >= 15 is 0 Å². The van der Waals surface area contributed by atoms with Crippen LogP contribution < -0.4 is 4.74 Å². The molecule has 8 rings (SSSR count). The first kappa shape index (κ1) is 36.8. The maximum Gasteiger partial charge on any atom is 0.180 e. The first-order valence-electron chi connectivity index (χ1n) is 12.5. The van der Waals surface area contributed by atoms with Gasteiger partial charge in [-0.05, 0) is 53.4 Å². The zero-order valence-electron chi connectivity index (χ0n) is 21.6. The average Bonchev–Trinajstić information content (AvgIpc) is 3.87. The number of furan rings is 1. The van der Waals surface area contributed by atoms with Crippen molar-refractivity contribution in [1.29, 1.82) is 0 Å². The summed E-state index contributed by atoms with van der Waals surface area (Å²) in [6.07, 6.45) is 21.0. The van der Waals surface area contributed by atoms with E-state index in [0.29, 0.717) is 0 Å². The molecule has 7 nitrogen and oxygen atoms in total. The number of benzene rings is 2.